The number of carbonyl (C=O) groups is 3. The van der Waals surface area contributed by atoms with E-state index in [1.54, 1.807) is 0 Å². The molecule has 0 amide bonds. The molecule has 0 radical (unpaired) electrons. The SMILES string of the molecule is CCC1(COC(=O)OC23CC4CC(C(=O)OCC5(CC)COC5)(C2)CC(C(=O)OCC2(CC)COC2)(C4)C3)COC1. The highest BCUT2D eigenvalue weighted by Crippen LogP contribution is 2.68. The Hall–Kier alpha value is -1.91. The molecule has 3 aliphatic heterocycles. The summed E-state index contributed by atoms with van der Waals surface area (Å²) in [4.78, 5) is 41.0. The molecule has 0 spiro atoms. The smallest absolute Gasteiger partial charge is 0.464 e. The minimum Gasteiger partial charge on any atom is -0.464 e. The molecule has 3 heterocycles. The lowest BCUT2D eigenvalue weighted by Crippen LogP contribution is -2.66. The molecule has 2 atom stereocenters. The molecular formula is C31H46O10. The van der Waals surface area contributed by atoms with Crippen LogP contribution in [0.5, 0.6) is 0 Å². The molecule has 0 aromatic carbocycles. The molecular weight excluding hydrogens is 532 g/mol. The van der Waals surface area contributed by atoms with Crippen LogP contribution in [0.4, 0.5) is 4.79 Å². The Bertz CT molecular complexity index is 971. The van der Waals surface area contributed by atoms with Crippen molar-refractivity contribution in [2.75, 3.05) is 59.5 Å². The Kier molecular flexibility index (Phi) is 7.38. The van der Waals surface area contributed by atoms with Gasteiger partial charge in [-0.25, -0.2) is 4.79 Å². The van der Waals surface area contributed by atoms with Crippen molar-refractivity contribution in [1.82, 2.24) is 0 Å². The third kappa shape index (κ3) is 5.05. The first-order valence-corrected chi connectivity index (χ1v) is 15.5. The van der Waals surface area contributed by atoms with Crippen LogP contribution in [0.25, 0.3) is 0 Å². The van der Waals surface area contributed by atoms with Crippen LogP contribution in [-0.2, 0) is 42.7 Å². The third-order valence-corrected chi connectivity index (χ3v) is 11.4. The quantitative estimate of drug-likeness (QED) is 0.246. The van der Waals surface area contributed by atoms with Gasteiger partial charge in [0.15, 0.2) is 0 Å². The highest BCUT2D eigenvalue weighted by atomic mass is 16.7. The summed E-state index contributed by atoms with van der Waals surface area (Å²) in [5, 5.41) is 0. The van der Waals surface area contributed by atoms with Crippen molar-refractivity contribution < 1.29 is 47.5 Å². The van der Waals surface area contributed by atoms with Gasteiger partial charge >= 0.3 is 18.1 Å². The van der Waals surface area contributed by atoms with Crippen LogP contribution < -0.4 is 0 Å². The molecule has 0 N–H and O–H groups in total. The number of ether oxygens (including phenoxy) is 7. The summed E-state index contributed by atoms with van der Waals surface area (Å²) in [5.41, 5.74) is -3.26. The highest BCUT2D eigenvalue weighted by molar-refractivity contribution is 5.83. The van der Waals surface area contributed by atoms with Gasteiger partial charge in [0, 0.05) is 12.8 Å². The van der Waals surface area contributed by atoms with Crippen molar-refractivity contribution in [3.8, 4) is 0 Å². The number of rotatable bonds is 12. The first-order chi connectivity index (χ1) is 19.6. The molecule has 3 saturated heterocycles. The number of hydrogen-bond acceptors (Lipinski definition) is 10. The molecule has 7 fully saturated rings. The monoisotopic (exact) mass is 578 g/mol. The molecule has 4 aliphatic carbocycles. The number of hydrogen-bond donors (Lipinski definition) is 0. The predicted octanol–water partition coefficient (Wildman–Crippen LogP) is 4.22. The van der Waals surface area contributed by atoms with Crippen LogP contribution >= 0.6 is 0 Å². The zero-order chi connectivity index (χ0) is 29.0. The maximum atomic E-state index is 13.9. The highest BCUT2D eigenvalue weighted by Gasteiger charge is 2.71. The van der Waals surface area contributed by atoms with Crippen LogP contribution in [0.15, 0.2) is 0 Å². The molecule has 7 aliphatic rings. The second-order valence-electron chi connectivity index (χ2n) is 14.6. The third-order valence-electron chi connectivity index (χ3n) is 11.4. The molecule has 4 bridgehead atoms. The summed E-state index contributed by atoms with van der Waals surface area (Å²) in [6, 6.07) is 0. The zero-order valence-electron chi connectivity index (χ0n) is 24.9. The zero-order valence-corrected chi connectivity index (χ0v) is 24.9. The van der Waals surface area contributed by atoms with Crippen LogP contribution in [0, 0.1) is 33.0 Å². The molecule has 0 aromatic rings. The van der Waals surface area contributed by atoms with E-state index in [9.17, 15) is 14.4 Å². The van der Waals surface area contributed by atoms with Gasteiger partial charge in [-0.3, -0.25) is 9.59 Å². The molecule has 7 rings (SSSR count). The van der Waals surface area contributed by atoms with Gasteiger partial charge in [0.25, 0.3) is 0 Å². The summed E-state index contributed by atoms with van der Waals surface area (Å²) in [6.45, 7) is 10.5. The lowest BCUT2D eigenvalue weighted by Gasteiger charge is -2.63. The topological polar surface area (TPSA) is 116 Å². The van der Waals surface area contributed by atoms with Gasteiger partial charge in [0.1, 0.15) is 25.4 Å². The van der Waals surface area contributed by atoms with Gasteiger partial charge in [-0.15, -0.1) is 0 Å². The Morgan fingerprint density at radius 1 is 0.610 bits per heavy atom. The van der Waals surface area contributed by atoms with E-state index in [1.807, 2.05) is 0 Å². The molecule has 10 heteroatoms. The Labute approximate surface area is 242 Å². The number of carbonyl (C=O) groups excluding carboxylic acids is 3. The van der Waals surface area contributed by atoms with Crippen molar-refractivity contribution >= 4 is 18.1 Å². The fraction of sp³-hybridized carbons (Fsp3) is 0.903. The largest absolute Gasteiger partial charge is 0.508 e. The van der Waals surface area contributed by atoms with E-state index < -0.39 is 22.6 Å². The molecule has 10 nitrogen and oxygen atoms in total. The molecule has 41 heavy (non-hydrogen) atoms. The van der Waals surface area contributed by atoms with Crippen molar-refractivity contribution in [1.29, 1.82) is 0 Å². The average molecular weight is 579 g/mol. The maximum absolute atomic E-state index is 13.9. The fourth-order valence-electron chi connectivity index (χ4n) is 8.42. The van der Waals surface area contributed by atoms with Crippen molar-refractivity contribution in [3.63, 3.8) is 0 Å². The first kappa shape index (κ1) is 29.2. The second kappa shape index (κ2) is 10.4. The number of esters is 2. The Morgan fingerprint density at radius 3 is 1.39 bits per heavy atom. The van der Waals surface area contributed by atoms with E-state index in [2.05, 4.69) is 20.8 Å². The van der Waals surface area contributed by atoms with E-state index in [1.165, 1.54) is 0 Å². The summed E-state index contributed by atoms with van der Waals surface area (Å²) in [6.07, 6.45) is 4.70. The van der Waals surface area contributed by atoms with Crippen LogP contribution in [0.2, 0.25) is 0 Å². The van der Waals surface area contributed by atoms with E-state index >= 15 is 0 Å². The molecule has 2 unspecified atom stereocenters. The predicted molar refractivity (Wildman–Crippen MR) is 144 cm³/mol. The van der Waals surface area contributed by atoms with Gasteiger partial charge in [-0.2, -0.15) is 0 Å². The van der Waals surface area contributed by atoms with Gasteiger partial charge in [-0.05, 0) is 50.9 Å². The van der Waals surface area contributed by atoms with E-state index in [-0.39, 0.29) is 40.7 Å². The van der Waals surface area contributed by atoms with Gasteiger partial charge < -0.3 is 33.2 Å². The summed E-state index contributed by atoms with van der Waals surface area (Å²) in [5.74, 6) is -0.553. The molecule has 4 saturated carbocycles. The van der Waals surface area contributed by atoms with Gasteiger partial charge in [0.05, 0.1) is 66.7 Å². The van der Waals surface area contributed by atoms with E-state index in [0.29, 0.717) is 91.4 Å². The standard InChI is InChI=1S/C31H46O10/c1-4-26(13-35-14-26)19-38-23(32)29-7-22-8-30(10-29,24(33)39-20-27(5-2)15-36-16-27)12-31(9-22,11-29)41-25(34)40-21-28(6-3)17-37-18-28/h22H,4-21H2,1-3H3. The normalized spacial score (nSPS) is 36.7. The van der Waals surface area contributed by atoms with Crippen LogP contribution in [-0.4, -0.2) is 83.2 Å². The van der Waals surface area contributed by atoms with Gasteiger partial charge in [-0.1, -0.05) is 20.8 Å². The van der Waals surface area contributed by atoms with Crippen molar-refractivity contribution in [2.24, 2.45) is 33.0 Å². The van der Waals surface area contributed by atoms with E-state index in [0.717, 1.165) is 19.3 Å². The molecule has 0 aromatic heterocycles. The fourth-order valence-corrected chi connectivity index (χ4v) is 8.42. The second-order valence-corrected chi connectivity index (χ2v) is 14.6. The van der Waals surface area contributed by atoms with E-state index in [4.69, 9.17) is 33.2 Å². The van der Waals surface area contributed by atoms with Crippen LogP contribution in [0.1, 0.15) is 78.6 Å². The first-order valence-electron chi connectivity index (χ1n) is 15.5. The minimum atomic E-state index is -0.978. The minimum absolute atomic E-state index is 0.0421. The van der Waals surface area contributed by atoms with Gasteiger partial charge in [0.2, 0.25) is 0 Å². The lowest BCUT2D eigenvalue weighted by atomic mass is 9.42. The van der Waals surface area contributed by atoms with Crippen molar-refractivity contribution in [3.05, 3.63) is 0 Å². The van der Waals surface area contributed by atoms with Crippen LogP contribution in [0.3, 0.4) is 0 Å². The summed E-state index contributed by atoms with van der Waals surface area (Å²) in [7, 11) is 0. The Balaban J connectivity index is 1.21. The summed E-state index contributed by atoms with van der Waals surface area (Å²) >= 11 is 0. The summed E-state index contributed by atoms with van der Waals surface area (Å²) < 4.78 is 40.0. The lowest BCUT2D eigenvalue weighted by molar-refractivity contribution is -0.236. The maximum Gasteiger partial charge on any atom is 0.508 e. The average Bonchev–Trinajstić information content (AvgIpc) is 2.86. The molecule has 230 valence electrons. The Morgan fingerprint density at radius 2 is 1.02 bits per heavy atom. The van der Waals surface area contributed by atoms with Crippen molar-refractivity contribution in [2.45, 2.75) is 84.2 Å².